The van der Waals surface area contributed by atoms with Crippen molar-refractivity contribution >= 4 is 39.9 Å². The van der Waals surface area contributed by atoms with E-state index in [0.717, 1.165) is 0 Å². The van der Waals surface area contributed by atoms with Crippen molar-refractivity contribution in [1.82, 2.24) is 0 Å². The van der Waals surface area contributed by atoms with Crippen molar-refractivity contribution in [2.24, 2.45) is 0 Å². The summed E-state index contributed by atoms with van der Waals surface area (Å²) in [5.74, 6) is -0.753. The van der Waals surface area contributed by atoms with E-state index < -0.39 is 5.82 Å². The fraction of sp³-hybridized carbons (Fsp3) is 0. The molecule has 0 saturated carbocycles. The lowest BCUT2D eigenvalue weighted by atomic mass is 10.2. The smallest absolute Gasteiger partial charge is 0.161 e. The van der Waals surface area contributed by atoms with Gasteiger partial charge in [0.05, 0.1) is 10.7 Å². The third-order valence-corrected chi connectivity index (χ3v) is 2.49. The Labute approximate surface area is 87.3 Å². The zero-order valence-electron chi connectivity index (χ0n) is 5.74. The van der Waals surface area contributed by atoms with Crippen molar-refractivity contribution in [3.8, 4) is 6.07 Å². The molecule has 0 saturated heterocycles. The van der Waals surface area contributed by atoms with Crippen LogP contribution >= 0.6 is 34.2 Å². The zero-order chi connectivity index (χ0) is 9.30. The molecule has 0 spiro atoms. The lowest BCUT2D eigenvalue weighted by molar-refractivity contribution is 0.625. The minimum absolute atomic E-state index is 0.0786. The summed E-state index contributed by atoms with van der Waals surface area (Å²) in [5, 5.41) is 8.44. The molecule has 0 aliphatic rings. The van der Waals surface area contributed by atoms with E-state index in [1.807, 2.05) is 22.6 Å². The number of nitriles is 1. The summed E-state index contributed by atoms with van der Waals surface area (Å²) in [5.41, 5.74) is 5.39. The molecule has 0 amide bonds. The summed E-state index contributed by atoms with van der Waals surface area (Å²) in [4.78, 5) is 0. The van der Waals surface area contributed by atoms with Gasteiger partial charge in [0, 0.05) is 3.57 Å². The standard InChI is InChI=1S/C7H3ClFIN2/c8-4-1-5(10)7(12)3(2-11)6(4)9/h1H,12H2. The van der Waals surface area contributed by atoms with Crippen molar-refractivity contribution < 1.29 is 4.39 Å². The number of nitrogen functional groups attached to an aromatic ring is 1. The van der Waals surface area contributed by atoms with E-state index in [1.165, 1.54) is 6.07 Å². The summed E-state index contributed by atoms with van der Waals surface area (Å²) in [7, 11) is 0. The van der Waals surface area contributed by atoms with Gasteiger partial charge in [-0.3, -0.25) is 0 Å². The van der Waals surface area contributed by atoms with Crippen LogP contribution in [0.4, 0.5) is 10.1 Å². The molecular weight excluding hydrogens is 293 g/mol. The molecule has 1 rings (SSSR count). The van der Waals surface area contributed by atoms with Crippen molar-refractivity contribution in [1.29, 1.82) is 5.26 Å². The minimum atomic E-state index is -0.753. The van der Waals surface area contributed by atoms with Gasteiger partial charge >= 0.3 is 0 Å². The van der Waals surface area contributed by atoms with Crippen LogP contribution in [-0.4, -0.2) is 0 Å². The summed E-state index contributed by atoms with van der Waals surface area (Å²) < 4.78 is 13.6. The molecule has 0 radical (unpaired) electrons. The van der Waals surface area contributed by atoms with E-state index in [0.29, 0.717) is 3.57 Å². The van der Waals surface area contributed by atoms with Gasteiger partial charge in [-0.1, -0.05) is 11.6 Å². The maximum Gasteiger partial charge on any atom is 0.161 e. The Morgan fingerprint density at radius 1 is 1.67 bits per heavy atom. The van der Waals surface area contributed by atoms with Crippen molar-refractivity contribution in [2.45, 2.75) is 0 Å². The number of benzene rings is 1. The molecule has 0 bridgehead atoms. The van der Waals surface area contributed by atoms with Crippen LogP contribution in [0.3, 0.4) is 0 Å². The van der Waals surface area contributed by atoms with Crippen molar-refractivity contribution in [3.05, 3.63) is 26.0 Å². The molecule has 0 aliphatic heterocycles. The summed E-state index contributed by atoms with van der Waals surface area (Å²) in [6.07, 6.45) is 0. The van der Waals surface area contributed by atoms with Gasteiger partial charge in [-0.15, -0.1) is 0 Å². The second-order valence-electron chi connectivity index (χ2n) is 2.05. The Bertz CT molecular complexity index is 346. The summed E-state index contributed by atoms with van der Waals surface area (Å²) in [6, 6.07) is 3.04. The molecule has 1 aromatic rings. The Kier molecular flexibility index (Phi) is 2.75. The Morgan fingerprint density at radius 2 is 2.25 bits per heavy atom. The second-order valence-corrected chi connectivity index (χ2v) is 3.62. The fourth-order valence-corrected chi connectivity index (χ4v) is 1.69. The van der Waals surface area contributed by atoms with E-state index >= 15 is 0 Å². The molecule has 5 heteroatoms. The highest BCUT2D eigenvalue weighted by molar-refractivity contribution is 14.1. The predicted molar refractivity (Wildman–Crippen MR) is 53.3 cm³/mol. The molecule has 0 fully saturated rings. The Hall–Kier alpha value is -0.540. The second kappa shape index (κ2) is 3.46. The lowest BCUT2D eigenvalue weighted by Gasteiger charge is -2.03. The first-order valence-corrected chi connectivity index (χ1v) is 4.36. The van der Waals surface area contributed by atoms with Crippen LogP contribution in [0, 0.1) is 20.7 Å². The quantitative estimate of drug-likeness (QED) is 0.454. The molecule has 0 aliphatic carbocycles. The van der Waals surface area contributed by atoms with E-state index in [2.05, 4.69) is 0 Å². The van der Waals surface area contributed by atoms with Crippen molar-refractivity contribution in [3.63, 3.8) is 0 Å². The van der Waals surface area contributed by atoms with Crippen LogP contribution in [0.1, 0.15) is 5.56 Å². The number of nitrogens with zero attached hydrogens (tertiary/aromatic N) is 1. The van der Waals surface area contributed by atoms with Crippen LogP contribution in [-0.2, 0) is 0 Å². The number of hydrogen-bond donors (Lipinski definition) is 1. The fourth-order valence-electron chi connectivity index (χ4n) is 0.719. The van der Waals surface area contributed by atoms with Gasteiger partial charge < -0.3 is 5.73 Å². The van der Waals surface area contributed by atoms with E-state index in [9.17, 15) is 4.39 Å². The van der Waals surface area contributed by atoms with Crippen molar-refractivity contribution in [2.75, 3.05) is 5.73 Å². The highest BCUT2D eigenvalue weighted by atomic mass is 127. The number of nitrogens with two attached hydrogens (primary N) is 1. The molecular formula is C7H3ClFIN2. The van der Waals surface area contributed by atoms with Crippen LogP contribution in [0.2, 0.25) is 5.02 Å². The molecule has 2 nitrogen and oxygen atoms in total. The van der Waals surface area contributed by atoms with Gasteiger partial charge in [-0.05, 0) is 28.7 Å². The van der Waals surface area contributed by atoms with E-state index in [4.69, 9.17) is 22.6 Å². The molecule has 12 heavy (non-hydrogen) atoms. The zero-order valence-corrected chi connectivity index (χ0v) is 8.65. The van der Waals surface area contributed by atoms with Crippen LogP contribution in [0.5, 0.6) is 0 Å². The Morgan fingerprint density at radius 3 is 2.75 bits per heavy atom. The van der Waals surface area contributed by atoms with Gasteiger partial charge in [0.1, 0.15) is 11.6 Å². The minimum Gasteiger partial charge on any atom is -0.397 e. The normalized spacial score (nSPS) is 9.50. The molecule has 0 heterocycles. The molecule has 1 aromatic carbocycles. The average Bonchev–Trinajstić information content (AvgIpc) is 2.02. The molecule has 0 atom stereocenters. The van der Waals surface area contributed by atoms with Gasteiger partial charge in [0.25, 0.3) is 0 Å². The van der Waals surface area contributed by atoms with Crippen LogP contribution in [0.25, 0.3) is 0 Å². The predicted octanol–water partition coefficient (Wildman–Crippen LogP) is 2.54. The maximum absolute atomic E-state index is 13.0. The van der Waals surface area contributed by atoms with Gasteiger partial charge in [-0.25, -0.2) is 4.39 Å². The topological polar surface area (TPSA) is 49.8 Å². The summed E-state index contributed by atoms with van der Waals surface area (Å²) in [6.45, 7) is 0. The van der Waals surface area contributed by atoms with Gasteiger partial charge in [-0.2, -0.15) is 5.26 Å². The first-order chi connectivity index (χ1) is 5.57. The number of anilines is 1. The Balaban J connectivity index is 3.56. The molecule has 62 valence electrons. The maximum atomic E-state index is 13.0. The highest BCUT2D eigenvalue weighted by Crippen LogP contribution is 2.27. The average molecular weight is 296 g/mol. The number of hydrogen-bond acceptors (Lipinski definition) is 2. The largest absolute Gasteiger partial charge is 0.397 e. The highest BCUT2D eigenvalue weighted by Gasteiger charge is 2.13. The lowest BCUT2D eigenvalue weighted by Crippen LogP contribution is -1.98. The first-order valence-electron chi connectivity index (χ1n) is 2.91. The van der Waals surface area contributed by atoms with E-state index in [1.54, 1.807) is 6.07 Å². The molecule has 2 N–H and O–H groups in total. The third-order valence-electron chi connectivity index (χ3n) is 1.32. The number of halogens is 3. The first kappa shape index (κ1) is 9.55. The SMILES string of the molecule is N#Cc1c(N)c(I)cc(Cl)c1F. The molecule has 0 unspecified atom stereocenters. The number of rotatable bonds is 0. The summed E-state index contributed by atoms with van der Waals surface area (Å²) >= 11 is 7.37. The molecule has 0 aromatic heterocycles. The van der Waals surface area contributed by atoms with Crippen LogP contribution in [0.15, 0.2) is 6.07 Å². The van der Waals surface area contributed by atoms with Gasteiger partial charge in [0.2, 0.25) is 0 Å². The van der Waals surface area contributed by atoms with Crippen LogP contribution < -0.4 is 5.73 Å². The van der Waals surface area contributed by atoms with Gasteiger partial charge in [0.15, 0.2) is 5.82 Å². The monoisotopic (exact) mass is 296 g/mol. The van der Waals surface area contributed by atoms with E-state index in [-0.39, 0.29) is 16.3 Å². The third kappa shape index (κ3) is 1.47.